The zero-order valence-electron chi connectivity index (χ0n) is 11.1. The Kier molecular flexibility index (Phi) is 5.37. The zero-order chi connectivity index (χ0) is 12.9. The molecule has 0 unspecified atom stereocenters. The average molecular weight is 263 g/mol. The highest BCUT2D eigenvalue weighted by atomic mass is 32.2. The van der Waals surface area contributed by atoms with Crippen molar-refractivity contribution >= 4 is 10.2 Å². The lowest BCUT2D eigenvalue weighted by Gasteiger charge is -2.20. The van der Waals surface area contributed by atoms with E-state index in [-0.39, 0.29) is 5.54 Å². The quantitative estimate of drug-likeness (QED) is 0.602. The molecule has 0 bridgehead atoms. The van der Waals surface area contributed by atoms with Gasteiger partial charge in [0, 0.05) is 19.1 Å². The van der Waals surface area contributed by atoms with Crippen LogP contribution in [-0.4, -0.2) is 44.9 Å². The second kappa shape index (κ2) is 6.13. The Labute approximate surface area is 105 Å². The molecule has 6 heteroatoms. The highest BCUT2D eigenvalue weighted by Crippen LogP contribution is 2.35. The number of nitrogens with one attached hydrogen (secondary N) is 2. The molecule has 0 aromatic carbocycles. The topological polar surface area (TPSA) is 61.4 Å². The monoisotopic (exact) mass is 263 g/mol. The lowest BCUT2D eigenvalue weighted by molar-refractivity contribution is 0.435. The number of hydrogen-bond acceptors (Lipinski definition) is 3. The van der Waals surface area contributed by atoms with Crippen molar-refractivity contribution in [2.24, 2.45) is 0 Å². The van der Waals surface area contributed by atoms with Crippen molar-refractivity contribution in [3.63, 3.8) is 0 Å². The van der Waals surface area contributed by atoms with E-state index in [9.17, 15) is 8.42 Å². The Morgan fingerprint density at radius 3 is 2.47 bits per heavy atom. The number of rotatable bonds is 9. The largest absolute Gasteiger partial charge is 0.317 e. The molecule has 5 nitrogen and oxygen atoms in total. The highest BCUT2D eigenvalue weighted by Gasteiger charge is 2.41. The zero-order valence-corrected chi connectivity index (χ0v) is 11.9. The molecule has 1 aliphatic carbocycles. The summed E-state index contributed by atoms with van der Waals surface area (Å²) in [7, 11) is -1.66. The first-order valence-electron chi connectivity index (χ1n) is 6.35. The van der Waals surface area contributed by atoms with Crippen LogP contribution in [0.2, 0.25) is 0 Å². The molecular weight excluding hydrogens is 238 g/mol. The van der Waals surface area contributed by atoms with Crippen LogP contribution in [0.4, 0.5) is 0 Å². The molecule has 0 atom stereocenters. The summed E-state index contributed by atoms with van der Waals surface area (Å²) in [5, 5.41) is 3.26. The van der Waals surface area contributed by atoms with Gasteiger partial charge in [-0.25, -0.2) is 0 Å². The molecular formula is C11H25N3O2S. The van der Waals surface area contributed by atoms with E-state index >= 15 is 0 Å². The molecule has 1 saturated carbocycles. The van der Waals surface area contributed by atoms with E-state index in [1.807, 2.05) is 6.92 Å². The summed E-state index contributed by atoms with van der Waals surface area (Å²) < 4.78 is 27.9. The third-order valence-electron chi connectivity index (χ3n) is 3.04. The molecule has 0 aliphatic heterocycles. The molecule has 0 aromatic rings. The minimum atomic E-state index is -3.29. The van der Waals surface area contributed by atoms with Gasteiger partial charge in [-0.15, -0.1) is 0 Å². The molecule has 0 aromatic heterocycles. The summed E-state index contributed by atoms with van der Waals surface area (Å²) in [5.41, 5.74) is -0.187. The minimum Gasteiger partial charge on any atom is -0.317 e. The van der Waals surface area contributed by atoms with Crippen molar-refractivity contribution < 1.29 is 8.42 Å². The molecule has 1 aliphatic rings. The highest BCUT2D eigenvalue weighted by molar-refractivity contribution is 7.87. The van der Waals surface area contributed by atoms with Crippen LogP contribution in [0.15, 0.2) is 0 Å². The van der Waals surface area contributed by atoms with Crippen molar-refractivity contribution in [3.8, 4) is 0 Å². The van der Waals surface area contributed by atoms with Crippen molar-refractivity contribution in [1.29, 1.82) is 0 Å². The van der Waals surface area contributed by atoms with Crippen molar-refractivity contribution in [2.45, 2.75) is 45.1 Å². The summed E-state index contributed by atoms with van der Waals surface area (Å²) in [5.74, 6) is 0. The molecule has 0 radical (unpaired) electrons. The lowest BCUT2D eigenvalue weighted by atomic mass is 10.4. The number of nitrogens with zero attached hydrogens (tertiary/aromatic N) is 1. The average Bonchev–Trinajstić information content (AvgIpc) is 2.94. The maximum Gasteiger partial charge on any atom is 0.279 e. The van der Waals surface area contributed by atoms with Crippen LogP contribution < -0.4 is 10.0 Å². The first kappa shape index (κ1) is 14.9. The lowest BCUT2D eigenvalue weighted by Crippen LogP contribution is -2.44. The van der Waals surface area contributed by atoms with Crippen molar-refractivity contribution in [2.75, 3.05) is 26.7 Å². The minimum absolute atomic E-state index is 0.187. The fraction of sp³-hybridized carbons (Fsp3) is 1.00. The molecule has 0 heterocycles. The third kappa shape index (κ3) is 5.33. The molecule has 0 saturated heterocycles. The Morgan fingerprint density at radius 1 is 1.29 bits per heavy atom. The molecule has 102 valence electrons. The maximum absolute atomic E-state index is 11.9. The van der Waals surface area contributed by atoms with Crippen molar-refractivity contribution in [1.82, 2.24) is 14.3 Å². The second-order valence-electron chi connectivity index (χ2n) is 5.09. The molecule has 17 heavy (non-hydrogen) atoms. The standard InChI is InChI=1S/C11H25N3O2S/c1-4-8-12-9-5-10-14(3)17(15,16)13-11(2)6-7-11/h12-13H,4-10H2,1-3H3. The van der Waals surface area contributed by atoms with E-state index < -0.39 is 10.2 Å². The Balaban J connectivity index is 2.23. The summed E-state index contributed by atoms with van der Waals surface area (Å²) >= 11 is 0. The van der Waals surface area contributed by atoms with Gasteiger partial charge in [0.15, 0.2) is 0 Å². The Bertz CT molecular complexity index is 326. The predicted molar refractivity (Wildman–Crippen MR) is 70.1 cm³/mol. The van der Waals surface area contributed by atoms with E-state index in [0.717, 1.165) is 38.8 Å². The van der Waals surface area contributed by atoms with Crippen LogP contribution in [0.5, 0.6) is 0 Å². The van der Waals surface area contributed by atoms with Gasteiger partial charge in [0.2, 0.25) is 0 Å². The van der Waals surface area contributed by atoms with Crippen LogP contribution in [0.3, 0.4) is 0 Å². The summed E-state index contributed by atoms with van der Waals surface area (Å²) in [4.78, 5) is 0. The van der Waals surface area contributed by atoms with Crippen molar-refractivity contribution in [3.05, 3.63) is 0 Å². The van der Waals surface area contributed by atoms with Gasteiger partial charge < -0.3 is 5.32 Å². The van der Waals surface area contributed by atoms with Gasteiger partial charge in [-0.1, -0.05) is 6.92 Å². The van der Waals surface area contributed by atoms with Gasteiger partial charge >= 0.3 is 0 Å². The first-order chi connectivity index (χ1) is 7.90. The first-order valence-corrected chi connectivity index (χ1v) is 7.79. The van der Waals surface area contributed by atoms with Crippen LogP contribution in [0.1, 0.15) is 39.5 Å². The van der Waals surface area contributed by atoms with E-state index in [1.54, 1.807) is 7.05 Å². The van der Waals surface area contributed by atoms with Gasteiger partial charge in [0.25, 0.3) is 10.2 Å². The smallest absolute Gasteiger partial charge is 0.279 e. The summed E-state index contributed by atoms with van der Waals surface area (Å²) in [6.45, 7) is 6.48. The molecule has 1 rings (SSSR count). The van der Waals surface area contributed by atoms with Gasteiger partial charge in [-0.05, 0) is 45.7 Å². The van der Waals surface area contributed by atoms with Crippen LogP contribution >= 0.6 is 0 Å². The second-order valence-corrected chi connectivity index (χ2v) is 6.87. The van der Waals surface area contributed by atoms with E-state index in [2.05, 4.69) is 17.0 Å². The Hall–Kier alpha value is -0.170. The molecule has 1 fully saturated rings. The third-order valence-corrected chi connectivity index (χ3v) is 4.79. The SMILES string of the molecule is CCCNCCCN(C)S(=O)(=O)NC1(C)CC1. The molecule has 0 spiro atoms. The van der Waals surface area contributed by atoms with E-state index in [1.165, 1.54) is 4.31 Å². The van der Waals surface area contributed by atoms with Crippen LogP contribution in [-0.2, 0) is 10.2 Å². The normalized spacial score (nSPS) is 18.6. The maximum atomic E-state index is 11.9. The predicted octanol–water partition coefficient (Wildman–Crippen LogP) is 0.695. The van der Waals surface area contributed by atoms with Gasteiger partial charge in [-0.2, -0.15) is 17.4 Å². The molecule has 0 amide bonds. The fourth-order valence-electron chi connectivity index (χ4n) is 1.53. The van der Waals surface area contributed by atoms with Crippen LogP contribution in [0, 0.1) is 0 Å². The summed E-state index contributed by atoms with van der Waals surface area (Å²) in [6, 6.07) is 0. The number of hydrogen-bond donors (Lipinski definition) is 2. The van der Waals surface area contributed by atoms with E-state index in [4.69, 9.17) is 0 Å². The Morgan fingerprint density at radius 2 is 1.94 bits per heavy atom. The van der Waals surface area contributed by atoms with Gasteiger partial charge in [0.1, 0.15) is 0 Å². The van der Waals surface area contributed by atoms with Gasteiger partial charge in [-0.3, -0.25) is 0 Å². The summed E-state index contributed by atoms with van der Waals surface area (Å²) in [6.07, 6.45) is 3.83. The van der Waals surface area contributed by atoms with E-state index in [0.29, 0.717) is 6.54 Å². The van der Waals surface area contributed by atoms with Gasteiger partial charge in [0.05, 0.1) is 0 Å². The fourth-order valence-corrected chi connectivity index (χ4v) is 2.88. The van der Waals surface area contributed by atoms with Crippen LogP contribution in [0.25, 0.3) is 0 Å². The molecule has 2 N–H and O–H groups in total.